The van der Waals surface area contributed by atoms with Crippen molar-refractivity contribution in [3.05, 3.63) is 107 Å². The molecule has 0 saturated heterocycles. The summed E-state index contributed by atoms with van der Waals surface area (Å²) in [5, 5.41) is 7.67. The topological polar surface area (TPSA) is 93.0 Å². The van der Waals surface area contributed by atoms with E-state index in [0.29, 0.717) is 36.5 Å². The van der Waals surface area contributed by atoms with E-state index in [1.807, 2.05) is 73.1 Å². The summed E-state index contributed by atoms with van der Waals surface area (Å²) >= 11 is 0. The van der Waals surface area contributed by atoms with Crippen molar-refractivity contribution in [2.24, 2.45) is 0 Å². The molecule has 5 rings (SSSR count). The lowest BCUT2D eigenvalue weighted by Crippen LogP contribution is -2.30. The van der Waals surface area contributed by atoms with E-state index in [1.165, 1.54) is 0 Å². The molecule has 0 bridgehead atoms. The van der Waals surface area contributed by atoms with Crippen molar-refractivity contribution in [2.45, 2.75) is 32.2 Å². The number of fused-ring (bicyclic) bond motifs is 1. The fourth-order valence-electron chi connectivity index (χ4n) is 4.41. The summed E-state index contributed by atoms with van der Waals surface area (Å²) in [6, 6.07) is 18.8. The minimum atomic E-state index is -0.226. The van der Waals surface area contributed by atoms with Crippen LogP contribution >= 0.6 is 0 Å². The molecule has 1 N–H and O–H groups in total. The lowest BCUT2D eigenvalue weighted by molar-refractivity contribution is 0.0952. The molecule has 182 valence electrons. The van der Waals surface area contributed by atoms with Gasteiger partial charge in [-0.15, -0.1) is 0 Å². The average Bonchev–Trinajstić information content (AvgIpc) is 3.54. The van der Waals surface area contributed by atoms with Gasteiger partial charge in [0.1, 0.15) is 6.33 Å². The Bertz CT molecular complexity index is 1370. The van der Waals surface area contributed by atoms with Crippen molar-refractivity contribution in [3.8, 4) is 0 Å². The number of hydrogen-bond acceptors (Lipinski definition) is 5. The van der Waals surface area contributed by atoms with Gasteiger partial charge in [-0.2, -0.15) is 5.10 Å². The van der Waals surface area contributed by atoms with Crippen LogP contribution in [-0.2, 0) is 6.42 Å². The van der Waals surface area contributed by atoms with Gasteiger partial charge in [-0.1, -0.05) is 24.3 Å². The number of pyridine rings is 1. The lowest BCUT2D eigenvalue weighted by Gasteiger charge is -2.18. The van der Waals surface area contributed by atoms with Gasteiger partial charge in [0.15, 0.2) is 5.82 Å². The number of nitrogens with one attached hydrogen (secondary N) is 1. The summed E-state index contributed by atoms with van der Waals surface area (Å²) in [4.78, 5) is 36.8. The van der Waals surface area contributed by atoms with E-state index in [9.17, 15) is 9.59 Å². The van der Waals surface area contributed by atoms with Crippen LogP contribution in [0, 0.1) is 0 Å². The number of rotatable bonds is 7. The molecule has 0 spiro atoms. The zero-order chi connectivity index (χ0) is 25.1. The molecule has 0 saturated carbocycles. The molecule has 36 heavy (non-hydrogen) atoms. The third kappa shape index (κ3) is 4.75. The van der Waals surface area contributed by atoms with E-state index >= 15 is 0 Å². The minimum Gasteiger partial charge on any atom is -0.352 e. The third-order valence-corrected chi connectivity index (χ3v) is 6.38. The highest BCUT2D eigenvalue weighted by Crippen LogP contribution is 2.40. The number of aromatic nitrogens is 4. The predicted molar refractivity (Wildman–Crippen MR) is 137 cm³/mol. The van der Waals surface area contributed by atoms with Crippen molar-refractivity contribution < 1.29 is 9.59 Å². The molecule has 8 nitrogen and oxygen atoms in total. The van der Waals surface area contributed by atoms with Gasteiger partial charge in [-0.25, -0.2) is 4.98 Å². The molecule has 8 heteroatoms. The third-order valence-electron chi connectivity index (χ3n) is 6.38. The van der Waals surface area contributed by atoms with Gasteiger partial charge >= 0.3 is 0 Å². The Hall–Kier alpha value is -4.33. The van der Waals surface area contributed by atoms with E-state index < -0.39 is 0 Å². The molecule has 3 heterocycles. The van der Waals surface area contributed by atoms with Crippen LogP contribution in [0.4, 0.5) is 5.69 Å². The van der Waals surface area contributed by atoms with E-state index in [0.717, 1.165) is 16.8 Å². The molecular weight excluding hydrogens is 452 g/mol. The first kappa shape index (κ1) is 23.4. The molecule has 2 amide bonds. The van der Waals surface area contributed by atoms with Crippen LogP contribution < -0.4 is 10.2 Å². The molecule has 0 fully saturated rings. The number of benzene rings is 2. The zero-order valence-corrected chi connectivity index (χ0v) is 20.3. The van der Waals surface area contributed by atoms with Crippen molar-refractivity contribution in [2.75, 3.05) is 18.0 Å². The second-order valence-electron chi connectivity index (χ2n) is 9.15. The van der Waals surface area contributed by atoms with E-state index in [2.05, 4.69) is 20.4 Å². The zero-order valence-electron chi connectivity index (χ0n) is 20.3. The fraction of sp³-hybridized carbons (Fsp3) is 0.250. The van der Waals surface area contributed by atoms with E-state index in [4.69, 9.17) is 0 Å². The monoisotopic (exact) mass is 480 g/mol. The van der Waals surface area contributed by atoms with Gasteiger partial charge in [0, 0.05) is 48.3 Å². The number of carbonyl (C=O) groups excluding carboxylic acids is 2. The molecule has 1 aliphatic rings. The van der Waals surface area contributed by atoms with Crippen LogP contribution in [0.15, 0.2) is 79.4 Å². The Labute approximate surface area is 210 Å². The van der Waals surface area contributed by atoms with Crippen LogP contribution in [0.25, 0.3) is 0 Å². The smallest absolute Gasteiger partial charge is 0.258 e. The molecule has 1 atom stereocenters. The highest BCUT2D eigenvalue weighted by Gasteiger charge is 2.36. The molecule has 2 aromatic carbocycles. The van der Waals surface area contributed by atoms with Crippen molar-refractivity contribution >= 4 is 17.5 Å². The van der Waals surface area contributed by atoms with Gasteiger partial charge in [-0.3, -0.25) is 19.3 Å². The standard InChI is InChI=1S/C28H28N6O2/c1-19(2)34-18-31-26(32-34)24-17-33(28(36)21-8-4-3-5-9-21)25-11-10-22(15-23(24)25)27(35)30-14-12-20-7-6-13-29-16-20/h3-11,13,15-16,18-19,24H,12,14,17H2,1-2H3,(H,30,35)/t24-/m1/s1. The SMILES string of the molecule is CC(C)n1cnc([C@@H]2CN(C(=O)c3ccccc3)c3ccc(C(=O)NCCc4cccnc4)cc32)n1. The van der Waals surface area contributed by atoms with E-state index in [1.54, 1.807) is 29.7 Å². The summed E-state index contributed by atoms with van der Waals surface area (Å²) in [6.07, 6.45) is 5.95. The number of carbonyl (C=O) groups is 2. The molecule has 0 unspecified atom stereocenters. The Morgan fingerprint density at radius 1 is 1.06 bits per heavy atom. The first-order valence-corrected chi connectivity index (χ1v) is 12.1. The molecule has 4 aromatic rings. The molecule has 2 aromatic heterocycles. The second kappa shape index (κ2) is 10.1. The van der Waals surface area contributed by atoms with Gasteiger partial charge in [-0.05, 0) is 67.8 Å². The van der Waals surface area contributed by atoms with Crippen LogP contribution in [0.2, 0.25) is 0 Å². The summed E-state index contributed by atoms with van der Waals surface area (Å²) in [7, 11) is 0. The van der Waals surface area contributed by atoms with Crippen LogP contribution in [0.5, 0.6) is 0 Å². The first-order valence-electron chi connectivity index (χ1n) is 12.1. The summed E-state index contributed by atoms with van der Waals surface area (Å²) in [5.74, 6) is 0.170. The fourth-order valence-corrected chi connectivity index (χ4v) is 4.41. The number of nitrogens with zero attached hydrogens (tertiary/aromatic N) is 5. The Kier molecular flexibility index (Phi) is 6.58. The van der Waals surface area contributed by atoms with Gasteiger partial charge in [0.25, 0.3) is 11.8 Å². The summed E-state index contributed by atoms with van der Waals surface area (Å²) < 4.78 is 1.81. The Morgan fingerprint density at radius 3 is 2.61 bits per heavy atom. The molecule has 0 aliphatic carbocycles. The molecular formula is C28H28N6O2. The maximum Gasteiger partial charge on any atom is 0.258 e. The summed E-state index contributed by atoms with van der Waals surface area (Å²) in [6.45, 7) is 5.00. The average molecular weight is 481 g/mol. The maximum absolute atomic E-state index is 13.4. The van der Waals surface area contributed by atoms with E-state index in [-0.39, 0.29) is 23.8 Å². The van der Waals surface area contributed by atoms with Crippen molar-refractivity contribution in [1.82, 2.24) is 25.1 Å². The number of hydrogen-bond donors (Lipinski definition) is 1. The Balaban J connectivity index is 1.42. The van der Waals surface area contributed by atoms with Gasteiger partial charge in [0.2, 0.25) is 0 Å². The van der Waals surface area contributed by atoms with Crippen LogP contribution in [0.1, 0.15) is 63.5 Å². The highest BCUT2D eigenvalue weighted by molar-refractivity contribution is 6.08. The van der Waals surface area contributed by atoms with Crippen LogP contribution in [-0.4, -0.2) is 44.7 Å². The number of amides is 2. The first-order chi connectivity index (χ1) is 17.5. The normalized spacial score (nSPS) is 14.6. The number of anilines is 1. The molecule has 0 radical (unpaired) electrons. The molecule has 1 aliphatic heterocycles. The largest absolute Gasteiger partial charge is 0.352 e. The highest BCUT2D eigenvalue weighted by atomic mass is 16.2. The lowest BCUT2D eigenvalue weighted by atomic mass is 9.98. The predicted octanol–water partition coefficient (Wildman–Crippen LogP) is 4.02. The maximum atomic E-state index is 13.4. The quantitative estimate of drug-likeness (QED) is 0.431. The van der Waals surface area contributed by atoms with Gasteiger partial charge in [0.05, 0.1) is 5.92 Å². The minimum absolute atomic E-state index is 0.0867. The summed E-state index contributed by atoms with van der Waals surface area (Å²) in [5.41, 5.74) is 3.88. The van der Waals surface area contributed by atoms with Crippen LogP contribution in [0.3, 0.4) is 0 Å². The van der Waals surface area contributed by atoms with Gasteiger partial charge < -0.3 is 10.2 Å². The van der Waals surface area contributed by atoms with Crippen molar-refractivity contribution in [1.29, 1.82) is 0 Å². The van der Waals surface area contributed by atoms with Crippen molar-refractivity contribution in [3.63, 3.8) is 0 Å². The Morgan fingerprint density at radius 2 is 1.89 bits per heavy atom. The second-order valence-corrected chi connectivity index (χ2v) is 9.15.